The first-order valence-corrected chi connectivity index (χ1v) is 9.31. The van der Waals surface area contributed by atoms with Gasteiger partial charge in [-0.25, -0.2) is 4.68 Å². The summed E-state index contributed by atoms with van der Waals surface area (Å²) < 4.78 is 7.66. The van der Waals surface area contributed by atoms with Gasteiger partial charge in [-0.2, -0.15) is 0 Å². The fraction of sp³-hybridized carbons (Fsp3) is 0.579. The molecule has 2 aliphatic rings. The van der Waals surface area contributed by atoms with Crippen LogP contribution in [0, 0.1) is 0 Å². The maximum absolute atomic E-state index is 10.3. The molecule has 0 radical (unpaired) electrons. The van der Waals surface area contributed by atoms with Gasteiger partial charge in [0.25, 0.3) is 0 Å². The lowest BCUT2D eigenvalue weighted by molar-refractivity contribution is 0.0729. The predicted octanol–water partition coefficient (Wildman–Crippen LogP) is 2.00. The largest absolute Gasteiger partial charge is 0.389 e. The summed E-state index contributed by atoms with van der Waals surface area (Å²) in [5, 5.41) is 22.5. The van der Waals surface area contributed by atoms with Gasteiger partial charge in [0, 0.05) is 11.6 Å². The van der Waals surface area contributed by atoms with Gasteiger partial charge in [0.15, 0.2) is 0 Å². The third-order valence-corrected chi connectivity index (χ3v) is 5.30. The van der Waals surface area contributed by atoms with E-state index in [-0.39, 0.29) is 12.1 Å². The molecule has 6 nitrogen and oxygen atoms in total. The van der Waals surface area contributed by atoms with E-state index in [2.05, 4.69) is 15.6 Å². The Bertz CT molecular complexity index is 669. The number of aliphatic hydroxyl groups excluding tert-OH is 1. The van der Waals surface area contributed by atoms with Crippen molar-refractivity contribution in [2.45, 2.75) is 62.9 Å². The van der Waals surface area contributed by atoms with Crippen molar-refractivity contribution >= 4 is 0 Å². The van der Waals surface area contributed by atoms with E-state index in [1.54, 1.807) is 0 Å². The van der Waals surface area contributed by atoms with Gasteiger partial charge in [0.05, 0.1) is 37.6 Å². The van der Waals surface area contributed by atoms with Crippen molar-refractivity contribution in [2.75, 3.05) is 6.61 Å². The highest BCUT2D eigenvalue weighted by molar-refractivity contribution is 5.57. The molecule has 1 aromatic carbocycles. The van der Waals surface area contributed by atoms with Crippen LogP contribution in [0.1, 0.15) is 32.1 Å². The Morgan fingerprint density at radius 1 is 1.16 bits per heavy atom. The third-order valence-electron chi connectivity index (χ3n) is 5.30. The van der Waals surface area contributed by atoms with Gasteiger partial charge in [-0.3, -0.25) is 0 Å². The molecule has 2 heterocycles. The Labute approximate surface area is 148 Å². The standard InChI is InChI=1S/C19H26N4O2/c24-17-13-25-18(19(17)20-15-9-5-2-6-10-15)12-23-11-16(21-22-23)14-7-3-1-4-8-14/h1,3-4,7-8,11,15,17-20,24H,2,5-6,9-10,12-13H2/t17-,18+,19+/m0/s1. The maximum Gasteiger partial charge on any atom is 0.113 e. The molecule has 1 saturated heterocycles. The number of rotatable bonds is 5. The lowest BCUT2D eigenvalue weighted by Crippen LogP contribution is -2.50. The topological polar surface area (TPSA) is 72.2 Å². The summed E-state index contributed by atoms with van der Waals surface area (Å²) in [6.07, 6.45) is 7.67. The number of ether oxygens (including phenoxy) is 1. The van der Waals surface area contributed by atoms with Gasteiger partial charge in [-0.1, -0.05) is 54.8 Å². The second kappa shape index (κ2) is 7.64. The van der Waals surface area contributed by atoms with E-state index in [1.165, 1.54) is 32.1 Å². The Hall–Kier alpha value is -1.76. The fourth-order valence-electron chi connectivity index (χ4n) is 3.92. The first-order valence-electron chi connectivity index (χ1n) is 9.31. The van der Waals surface area contributed by atoms with Crippen molar-refractivity contribution in [3.63, 3.8) is 0 Å². The summed E-state index contributed by atoms with van der Waals surface area (Å²) in [5.41, 5.74) is 1.91. The van der Waals surface area contributed by atoms with Gasteiger partial charge in [-0.15, -0.1) is 5.10 Å². The molecule has 1 aliphatic carbocycles. The number of benzene rings is 1. The molecular formula is C19H26N4O2. The van der Waals surface area contributed by atoms with Crippen LogP contribution in [-0.2, 0) is 11.3 Å². The summed E-state index contributed by atoms with van der Waals surface area (Å²) >= 11 is 0. The number of hydrogen-bond acceptors (Lipinski definition) is 5. The average molecular weight is 342 g/mol. The monoisotopic (exact) mass is 342 g/mol. The van der Waals surface area contributed by atoms with E-state index >= 15 is 0 Å². The fourth-order valence-corrected chi connectivity index (χ4v) is 3.92. The lowest BCUT2D eigenvalue weighted by atomic mass is 9.94. The van der Waals surface area contributed by atoms with Crippen molar-refractivity contribution in [1.82, 2.24) is 20.3 Å². The molecular weight excluding hydrogens is 316 g/mol. The minimum atomic E-state index is -0.455. The van der Waals surface area contributed by atoms with Crippen LogP contribution in [0.15, 0.2) is 36.5 Å². The molecule has 1 saturated carbocycles. The first-order chi connectivity index (χ1) is 12.3. The van der Waals surface area contributed by atoms with Crippen molar-refractivity contribution in [1.29, 1.82) is 0 Å². The SMILES string of the molecule is O[C@H]1CO[C@H](Cn2cc(-c3ccccc3)nn2)[C@@H]1NC1CCCCC1. The molecule has 4 rings (SSSR count). The molecule has 2 N–H and O–H groups in total. The predicted molar refractivity (Wildman–Crippen MR) is 95.0 cm³/mol. The highest BCUT2D eigenvalue weighted by Gasteiger charge is 2.37. The molecule has 3 atom stereocenters. The highest BCUT2D eigenvalue weighted by Crippen LogP contribution is 2.23. The molecule has 1 aromatic heterocycles. The van der Waals surface area contributed by atoms with E-state index in [1.807, 2.05) is 41.2 Å². The second-order valence-corrected chi connectivity index (χ2v) is 7.16. The molecule has 0 amide bonds. The molecule has 1 aliphatic heterocycles. The second-order valence-electron chi connectivity index (χ2n) is 7.16. The molecule has 0 unspecified atom stereocenters. The van der Waals surface area contributed by atoms with Gasteiger partial charge in [0.2, 0.25) is 0 Å². The van der Waals surface area contributed by atoms with E-state index in [0.717, 1.165) is 11.3 Å². The molecule has 2 fully saturated rings. The Morgan fingerprint density at radius 2 is 1.96 bits per heavy atom. The summed E-state index contributed by atoms with van der Waals surface area (Å²) in [6, 6.07) is 10.5. The van der Waals surface area contributed by atoms with Gasteiger partial charge < -0.3 is 15.2 Å². The van der Waals surface area contributed by atoms with Crippen molar-refractivity contribution in [2.24, 2.45) is 0 Å². The van der Waals surface area contributed by atoms with E-state index in [4.69, 9.17) is 4.74 Å². The van der Waals surface area contributed by atoms with E-state index in [0.29, 0.717) is 19.2 Å². The highest BCUT2D eigenvalue weighted by atomic mass is 16.5. The van der Waals surface area contributed by atoms with Crippen molar-refractivity contribution in [3.8, 4) is 11.3 Å². The Kier molecular flexibility index (Phi) is 5.10. The zero-order chi connectivity index (χ0) is 17.1. The van der Waals surface area contributed by atoms with Crippen molar-refractivity contribution in [3.05, 3.63) is 36.5 Å². The number of hydrogen-bond donors (Lipinski definition) is 2. The number of nitrogens with one attached hydrogen (secondary N) is 1. The van der Waals surface area contributed by atoms with Gasteiger partial charge in [-0.05, 0) is 12.8 Å². The van der Waals surface area contributed by atoms with E-state index < -0.39 is 6.10 Å². The summed E-state index contributed by atoms with van der Waals surface area (Å²) in [7, 11) is 0. The summed E-state index contributed by atoms with van der Waals surface area (Å²) in [5.74, 6) is 0. The minimum Gasteiger partial charge on any atom is -0.389 e. The third kappa shape index (κ3) is 3.92. The molecule has 0 spiro atoms. The Balaban J connectivity index is 1.41. The van der Waals surface area contributed by atoms with Crippen LogP contribution in [0.2, 0.25) is 0 Å². The Morgan fingerprint density at radius 3 is 2.76 bits per heavy atom. The van der Waals surface area contributed by atoms with Crippen LogP contribution >= 0.6 is 0 Å². The van der Waals surface area contributed by atoms with Crippen molar-refractivity contribution < 1.29 is 9.84 Å². The smallest absolute Gasteiger partial charge is 0.113 e. The van der Waals surface area contributed by atoms with Crippen LogP contribution in [-0.4, -0.2) is 51.0 Å². The van der Waals surface area contributed by atoms with Gasteiger partial charge >= 0.3 is 0 Å². The van der Waals surface area contributed by atoms with Crippen LogP contribution in [0.4, 0.5) is 0 Å². The normalized spacial score (nSPS) is 27.6. The quantitative estimate of drug-likeness (QED) is 0.869. The van der Waals surface area contributed by atoms with E-state index in [9.17, 15) is 5.11 Å². The zero-order valence-corrected chi connectivity index (χ0v) is 14.4. The van der Waals surface area contributed by atoms with Gasteiger partial charge in [0.1, 0.15) is 5.69 Å². The molecule has 25 heavy (non-hydrogen) atoms. The van der Waals surface area contributed by atoms with Crippen LogP contribution in [0.25, 0.3) is 11.3 Å². The number of aromatic nitrogens is 3. The zero-order valence-electron chi connectivity index (χ0n) is 14.4. The molecule has 6 heteroatoms. The summed E-state index contributed by atoms with van der Waals surface area (Å²) in [6.45, 7) is 0.983. The summed E-state index contributed by atoms with van der Waals surface area (Å²) in [4.78, 5) is 0. The molecule has 134 valence electrons. The van der Waals surface area contributed by atoms with Crippen LogP contribution in [0.5, 0.6) is 0 Å². The van der Waals surface area contributed by atoms with Crippen LogP contribution in [0.3, 0.4) is 0 Å². The number of nitrogens with zero attached hydrogens (tertiary/aromatic N) is 3. The number of aliphatic hydroxyl groups is 1. The molecule has 2 aromatic rings. The minimum absolute atomic E-state index is 0.0347. The maximum atomic E-state index is 10.3. The lowest BCUT2D eigenvalue weighted by Gasteiger charge is -2.30. The average Bonchev–Trinajstić information content (AvgIpc) is 3.26. The van der Waals surface area contributed by atoms with Crippen LogP contribution < -0.4 is 5.32 Å². The molecule has 0 bridgehead atoms. The first kappa shape index (κ1) is 16.7.